The summed E-state index contributed by atoms with van der Waals surface area (Å²) in [5.41, 5.74) is 7.38. The van der Waals surface area contributed by atoms with Gasteiger partial charge in [0.15, 0.2) is 0 Å². The van der Waals surface area contributed by atoms with Gasteiger partial charge in [-0.25, -0.2) is 4.98 Å². The molecule has 0 aliphatic rings. The van der Waals surface area contributed by atoms with Crippen molar-refractivity contribution in [1.29, 1.82) is 0 Å². The molecule has 2 aromatic rings. The molecular formula is C14H20Cl2N4OS. The SMILES string of the molecule is Cl.Cl.NCCC(=O)NCCCc1nc(-c2ccncc2)cs1. The predicted molar refractivity (Wildman–Crippen MR) is 94.8 cm³/mol. The second-order valence-corrected chi connectivity index (χ2v) is 5.30. The van der Waals surface area contributed by atoms with E-state index in [4.69, 9.17) is 5.73 Å². The van der Waals surface area contributed by atoms with Crippen molar-refractivity contribution >= 4 is 42.1 Å². The van der Waals surface area contributed by atoms with Crippen LogP contribution in [0.2, 0.25) is 0 Å². The maximum Gasteiger partial charge on any atom is 0.221 e. The molecule has 0 radical (unpaired) electrons. The van der Waals surface area contributed by atoms with Crippen molar-refractivity contribution in [3.8, 4) is 11.3 Å². The third-order valence-electron chi connectivity index (χ3n) is 2.79. The fourth-order valence-corrected chi connectivity index (χ4v) is 2.62. The Kier molecular flexibility index (Phi) is 10.7. The van der Waals surface area contributed by atoms with Crippen molar-refractivity contribution in [3.63, 3.8) is 0 Å². The number of nitrogens with one attached hydrogen (secondary N) is 1. The zero-order valence-electron chi connectivity index (χ0n) is 12.0. The normalized spacial score (nSPS) is 9.50. The van der Waals surface area contributed by atoms with Crippen molar-refractivity contribution in [2.75, 3.05) is 13.1 Å². The van der Waals surface area contributed by atoms with Crippen LogP contribution in [0.3, 0.4) is 0 Å². The van der Waals surface area contributed by atoms with Gasteiger partial charge in [-0.1, -0.05) is 0 Å². The number of nitrogens with zero attached hydrogens (tertiary/aromatic N) is 2. The van der Waals surface area contributed by atoms with E-state index in [9.17, 15) is 4.79 Å². The van der Waals surface area contributed by atoms with Crippen LogP contribution in [0.5, 0.6) is 0 Å². The van der Waals surface area contributed by atoms with Gasteiger partial charge in [0.05, 0.1) is 10.7 Å². The van der Waals surface area contributed by atoms with E-state index in [2.05, 4.69) is 20.7 Å². The summed E-state index contributed by atoms with van der Waals surface area (Å²) in [6.07, 6.45) is 5.68. The first-order chi connectivity index (χ1) is 9.79. The topological polar surface area (TPSA) is 80.9 Å². The highest BCUT2D eigenvalue weighted by molar-refractivity contribution is 7.09. The molecule has 5 nitrogen and oxygen atoms in total. The summed E-state index contributed by atoms with van der Waals surface area (Å²) in [4.78, 5) is 19.8. The first-order valence-corrected chi connectivity index (χ1v) is 7.49. The van der Waals surface area contributed by atoms with Gasteiger partial charge >= 0.3 is 0 Å². The number of aryl methyl sites for hydroxylation is 1. The summed E-state index contributed by atoms with van der Waals surface area (Å²) in [5.74, 6) is 0.0177. The number of carbonyl (C=O) groups excluding carboxylic acids is 1. The van der Waals surface area contributed by atoms with Crippen molar-refractivity contribution in [3.05, 3.63) is 34.9 Å². The van der Waals surface area contributed by atoms with E-state index in [0.717, 1.165) is 29.1 Å². The third-order valence-corrected chi connectivity index (χ3v) is 3.70. The molecule has 0 aliphatic heterocycles. The highest BCUT2D eigenvalue weighted by Crippen LogP contribution is 2.21. The zero-order valence-corrected chi connectivity index (χ0v) is 14.5. The lowest BCUT2D eigenvalue weighted by Crippen LogP contribution is -2.26. The van der Waals surface area contributed by atoms with Gasteiger partial charge in [-0.05, 0) is 18.6 Å². The van der Waals surface area contributed by atoms with Crippen LogP contribution in [0.25, 0.3) is 11.3 Å². The van der Waals surface area contributed by atoms with Crippen LogP contribution in [-0.2, 0) is 11.2 Å². The number of thiazole rings is 1. The molecule has 0 atom stereocenters. The number of carbonyl (C=O) groups is 1. The molecule has 2 rings (SSSR count). The molecule has 122 valence electrons. The number of halogens is 2. The lowest BCUT2D eigenvalue weighted by atomic mass is 10.2. The molecule has 0 bridgehead atoms. The maximum atomic E-state index is 11.2. The van der Waals surface area contributed by atoms with E-state index in [0.29, 0.717) is 19.5 Å². The van der Waals surface area contributed by atoms with Crippen LogP contribution < -0.4 is 11.1 Å². The van der Waals surface area contributed by atoms with Gasteiger partial charge in [-0.2, -0.15) is 0 Å². The number of amides is 1. The Labute approximate surface area is 146 Å². The van der Waals surface area contributed by atoms with Crippen molar-refractivity contribution < 1.29 is 4.79 Å². The van der Waals surface area contributed by atoms with E-state index in [1.165, 1.54) is 0 Å². The molecular weight excluding hydrogens is 343 g/mol. The van der Waals surface area contributed by atoms with Gasteiger partial charge in [-0.15, -0.1) is 36.2 Å². The van der Waals surface area contributed by atoms with Gasteiger partial charge in [0.1, 0.15) is 0 Å². The summed E-state index contributed by atoms with van der Waals surface area (Å²) in [7, 11) is 0. The van der Waals surface area contributed by atoms with Crippen molar-refractivity contribution in [2.24, 2.45) is 5.73 Å². The van der Waals surface area contributed by atoms with Crippen molar-refractivity contribution in [2.45, 2.75) is 19.3 Å². The molecule has 0 aromatic carbocycles. The zero-order chi connectivity index (χ0) is 14.2. The quantitative estimate of drug-likeness (QED) is 0.741. The van der Waals surface area contributed by atoms with Crippen LogP contribution in [0.4, 0.5) is 0 Å². The Morgan fingerprint density at radius 2 is 2.00 bits per heavy atom. The highest BCUT2D eigenvalue weighted by Gasteiger charge is 2.04. The first-order valence-electron chi connectivity index (χ1n) is 6.61. The summed E-state index contributed by atoms with van der Waals surface area (Å²) in [5, 5.41) is 5.98. The average Bonchev–Trinajstić information content (AvgIpc) is 2.94. The standard InChI is InChI=1S/C14H18N4OS.2ClH/c15-6-3-13(19)17-7-1-2-14-18-12(10-20-14)11-4-8-16-9-5-11;;/h4-5,8-10H,1-3,6-7,15H2,(H,17,19);2*1H. The minimum atomic E-state index is 0. The molecule has 8 heteroatoms. The molecule has 22 heavy (non-hydrogen) atoms. The Hall–Kier alpha value is -1.21. The molecule has 1 amide bonds. The second kappa shape index (κ2) is 11.4. The fraction of sp³-hybridized carbons (Fsp3) is 0.357. The Bertz CT molecular complexity index is 551. The Morgan fingerprint density at radius 1 is 1.27 bits per heavy atom. The van der Waals surface area contributed by atoms with Gasteiger partial charge in [-0.3, -0.25) is 9.78 Å². The molecule has 0 spiro atoms. The minimum absolute atomic E-state index is 0. The number of hydrogen-bond acceptors (Lipinski definition) is 5. The molecule has 3 N–H and O–H groups in total. The van der Waals surface area contributed by atoms with Crippen LogP contribution >= 0.6 is 36.2 Å². The molecule has 0 saturated heterocycles. The monoisotopic (exact) mass is 362 g/mol. The van der Waals surface area contributed by atoms with Crippen LogP contribution in [-0.4, -0.2) is 29.0 Å². The number of nitrogens with two attached hydrogens (primary N) is 1. The third kappa shape index (κ3) is 6.70. The number of rotatable bonds is 7. The van der Waals surface area contributed by atoms with Gasteiger partial charge in [0.25, 0.3) is 0 Å². The average molecular weight is 363 g/mol. The highest BCUT2D eigenvalue weighted by atomic mass is 35.5. The molecule has 0 unspecified atom stereocenters. The smallest absolute Gasteiger partial charge is 0.221 e. The fourth-order valence-electron chi connectivity index (χ4n) is 1.77. The van der Waals surface area contributed by atoms with Crippen LogP contribution in [0.15, 0.2) is 29.9 Å². The number of aromatic nitrogens is 2. The van der Waals surface area contributed by atoms with E-state index in [1.807, 2.05) is 12.1 Å². The predicted octanol–water partition coefficient (Wildman–Crippen LogP) is 2.45. The lowest BCUT2D eigenvalue weighted by molar-refractivity contribution is -0.120. The van der Waals surface area contributed by atoms with Gasteiger partial charge in [0.2, 0.25) is 5.91 Å². The summed E-state index contributed by atoms with van der Waals surface area (Å²) in [6, 6.07) is 3.90. The summed E-state index contributed by atoms with van der Waals surface area (Å²) in [6.45, 7) is 1.07. The Morgan fingerprint density at radius 3 is 2.68 bits per heavy atom. The molecule has 2 aromatic heterocycles. The van der Waals surface area contributed by atoms with Crippen LogP contribution in [0.1, 0.15) is 17.8 Å². The second-order valence-electron chi connectivity index (χ2n) is 4.35. The molecule has 0 fully saturated rings. The van der Waals surface area contributed by atoms with Gasteiger partial charge in [0, 0.05) is 49.3 Å². The summed E-state index contributed by atoms with van der Waals surface area (Å²) >= 11 is 1.65. The van der Waals surface area contributed by atoms with E-state index in [1.54, 1.807) is 23.7 Å². The van der Waals surface area contributed by atoms with E-state index < -0.39 is 0 Å². The first kappa shape index (κ1) is 20.8. The largest absolute Gasteiger partial charge is 0.356 e. The van der Waals surface area contributed by atoms with Gasteiger partial charge < -0.3 is 11.1 Å². The van der Waals surface area contributed by atoms with E-state index in [-0.39, 0.29) is 30.7 Å². The molecule has 0 saturated carbocycles. The summed E-state index contributed by atoms with van der Waals surface area (Å²) < 4.78 is 0. The minimum Gasteiger partial charge on any atom is -0.356 e. The maximum absolute atomic E-state index is 11.2. The lowest BCUT2D eigenvalue weighted by Gasteiger charge is -2.02. The molecule has 0 aliphatic carbocycles. The number of pyridine rings is 1. The molecule has 2 heterocycles. The van der Waals surface area contributed by atoms with E-state index >= 15 is 0 Å². The van der Waals surface area contributed by atoms with Crippen LogP contribution in [0, 0.1) is 0 Å². The number of hydrogen-bond donors (Lipinski definition) is 2. The van der Waals surface area contributed by atoms with Crippen molar-refractivity contribution in [1.82, 2.24) is 15.3 Å². The Balaban J connectivity index is 0.00000220.